The Morgan fingerprint density at radius 3 is 2.64 bits per heavy atom. The van der Waals surface area contributed by atoms with E-state index in [1.165, 1.54) is 25.7 Å². The number of aromatic nitrogens is 3. The number of nitrogens with zero attached hydrogens (tertiary/aromatic N) is 3. The highest BCUT2D eigenvalue weighted by atomic mass is 35.5. The fourth-order valence-electron chi connectivity index (χ4n) is 4.34. The zero-order valence-corrected chi connectivity index (χ0v) is 21.8. The van der Waals surface area contributed by atoms with Crippen LogP contribution in [0.15, 0.2) is 12.3 Å². The van der Waals surface area contributed by atoms with Crippen molar-refractivity contribution in [1.82, 2.24) is 14.5 Å². The van der Waals surface area contributed by atoms with Crippen LogP contribution in [0.25, 0.3) is 11.0 Å². The standard InChI is InChI=1S/C26H35ClN4O5/c1-4-7-8-9-10-11-12-13-22(33)34-17-26(6-3)19(35-21(32)5-2)16-20(36-26)31-15-14-18-23(28)29-25(27)30-24(18)31/h3,14-15,19-20H,4-5,7-13,16-17H2,1-2H3,(H2,28,29,30)/t19-,20+,26+/m0/s1. The summed E-state index contributed by atoms with van der Waals surface area (Å²) in [4.78, 5) is 32.8. The van der Waals surface area contributed by atoms with E-state index < -0.39 is 23.9 Å². The second-order valence-electron chi connectivity index (χ2n) is 9.04. The van der Waals surface area contributed by atoms with Crippen LogP contribution in [0.2, 0.25) is 5.28 Å². The van der Waals surface area contributed by atoms with Gasteiger partial charge in [-0.2, -0.15) is 4.98 Å². The molecule has 0 aromatic carbocycles. The predicted molar refractivity (Wildman–Crippen MR) is 137 cm³/mol. The van der Waals surface area contributed by atoms with Gasteiger partial charge in [-0.25, -0.2) is 4.98 Å². The number of fused-ring (bicyclic) bond motifs is 1. The van der Waals surface area contributed by atoms with Crippen LogP contribution in [0, 0.1) is 12.3 Å². The Balaban J connectivity index is 1.68. The molecule has 3 rings (SSSR count). The Bertz CT molecular complexity index is 1100. The van der Waals surface area contributed by atoms with Gasteiger partial charge in [-0.3, -0.25) is 9.59 Å². The first-order valence-corrected chi connectivity index (χ1v) is 13.0. The molecule has 9 nitrogen and oxygen atoms in total. The predicted octanol–water partition coefficient (Wildman–Crippen LogP) is 4.96. The normalized spacial score (nSPS) is 21.4. The van der Waals surface area contributed by atoms with Crippen molar-refractivity contribution in [2.45, 2.75) is 96.0 Å². The number of hydrogen-bond donors (Lipinski definition) is 1. The molecule has 0 radical (unpaired) electrons. The Kier molecular flexibility index (Phi) is 9.97. The first-order valence-electron chi connectivity index (χ1n) is 12.6. The van der Waals surface area contributed by atoms with Crippen LogP contribution in [0.3, 0.4) is 0 Å². The number of nitrogen functional groups attached to an aromatic ring is 1. The van der Waals surface area contributed by atoms with Gasteiger partial charge in [0.2, 0.25) is 10.9 Å². The average molecular weight is 519 g/mol. The van der Waals surface area contributed by atoms with Crippen LogP contribution in [0.5, 0.6) is 0 Å². The lowest BCUT2D eigenvalue weighted by molar-refractivity contribution is -0.166. The van der Waals surface area contributed by atoms with E-state index in [9.17, 15) is 9.59 Å². The number of terminal acetylenes is 1. The second-order valence-corrected chi connectivity index (χ2v) is 9.38. The number of nitrogens with two attached hydrogens (primary N) is 1. The van der Waals surface area contributed by atoms with E-state index in [0.29, 0.717) is 17.5 Å². The Morgan fingerprint density at radius 2 is 1.94 bits per heavy atom. The maximum absolute atomic E-state index is 12.4. The molecule has 0 bridgehead atoms. The Hall–Kier alpha value is -2.83. The van der Waals surface area contributed by atoms with Crippen molar-refractivity contribution >= 4 is 40.4 Å². The highest BCUT2D eigenvalue weighted by Crippen LogP contribution is 2.41. The largest absolute Gasteiger partial charge is 0.461 e. The third-order valence-corrected chi connectivity index (χ3v) is 6.57. The molecule has 0 spiro atoms. The quantitative estimate of drug-likeness (QED) is 0.171. The van der Waals surface area contributed by atoms with Crippen molar-refractivity contribution in [3.8, 4) is 12.3 Å². The molecule has 0 saturated carbocycles. The first-order chi connectivity index (χ1) is 17.3. The smallest absolute Gasteiger partial charge is 0.305 e. The number of carbonyl (C=O) groups is 2. The number of halogens is 1. The van der Waals surface area contributed by atoms with Crippen molar-refractivity contribution in [3.05, 3.63) is 17.5 Å². The summed E-state index contributed by atoms with van der Waals surface area (Å²) in [7, 11) is 0. The molecule has 3 heterocycles. The van der Waals surface area contributed by atoms with Gasteiger partial charge in [0.05, 0.1) is 5.39 Å². The molecule has 2 aromatic rings. The number of carbonyl (C=O) groups excluding carboxylic acids is 2. The maximum atomic E-state index is 12.4. The first kappa shape index (κ1) is 27.8. The minimum absolute atomic E-state index is 0.00517. The van der Waals surface area contributed by atoms with Crippen molar-refractivity contribution in [1.29, 1.82) is 0 Å². The SMILES string of the molecule is C#C[C@]1(COC(=O)CCCCCCCCC)O[C@@H](n2ccc3c(N)nc(Cl)nc32)C[C@@H]1OC(=O)CC. The van der Waals surface area contributed by atoms with Gasteiger partial charge >= 0.3 is 11.9 Å². The van der Waals surface area contributed by atoms with Gasteiger partial charge in [-0.05, 0) is 24.1 Å². The maximum Gasteiger partial charge on any atom is 0.305 e. The summed E-state index contributed by atoms with van der Waals surface area (Å²) >= 11 is 6.01. The molecular weight excluding hydrogens is 484 g/mol. The van der Waals surface area contributed by atoms with Crippen LogP contribution < -0.4 is 5.73 Å². The number of rotatable bonds is 13. The van der Waals surface area contributed by atoms with Crippen molar-refractivity contribution in [3.63, 3.8) is 0 Å². The van der Waals surface area contributed by atoms with Crippen molar-refractivity contribution in [2.75, 3.05) is 12.3 Å². The third-order valence-electron chi connectivity index (χ3n) is 6.41. The van der Waals surface area contributed by atoms with Crippen LogP contribution in [-0.4, -0.2) is 44.8 Å². The molecule has 1 fully saturated rings. The van der Waals surface area contributed by atoms with E-state index >= 15 is 0 Å². The highest BCUT2D eigenvalue weighted by Gasteiger charge is 2.52. The fraction of sp³-hybridized carbons (Fsp3) is 0.615. The molecule has 0 aliphatic carbocycles. The summed E-state index contributed by atoms with van der Waals surface area (Å²) in [6.07, 6.45) is 14.5. The van der Waals surface area contributed by atoms with E-state index in [0.717, 1.165) is 19.3 Å². The van der Waals surface area contributed by atoms with Gasteiger partial charge in [0.15, 0.2) is 0 Å². The lowest BCUT2D eigenvalue weighted by Crippen LogP contribution is -2.45. The van der Waals surface area contributed by atoms with Crippen LogP contribution in [-0.2, 0) is 23.8 Å². The minimum Gasteiger partial charge on any atom is -0.461 e. The fourth-order valence-corrected chi connectivity index (χ4v) is 4.51. The van der Waals surface area contributed by atoms with Crippen molar-refractivity contribution < 1.29 is 23.8 Å². The van der Waals surface area contributed by atoms with E-state index in [2.05, 4.69) is 22.8 Å². The van der Waals surface area contributed by atoms with Crippen LogP contribution >= 0.6 is 11.6 Å². The topological polar surface area (TPSA) is 119 Å². The zero-order chi connectivity index (χ0) is 26.1. The average Bonchev–Trinajstić information content (AvgIpc) is 3.44. The number of hydrogen-bond acceptors (Lipinski definition) is 8. The zero-order valence-electron chi connectivity index (χ0n) is 21.0. The number of esters is 2. The van der Waals surface area contributed by atoms with Crippen molar-refractivity contribution in [2.24, 2.45) is 0 Å². The molecule has 1 saturated heterocycles. The van der Waals surface area contributed by atoms with Gasteiger partial charge in [-0.1, -0.05) is 58.3 Å². The molecule has 3 atom stereocenters. The molecule has 2 aromatic heterocycles. The van der Waals surface area contributed by atoms with E-state index in [1.54, 1.807) is 23.8 Å². The molecule has 0 amide bonds. The van der Waals surface area contributed by atoms with E-state index in [-0.39, 0.29) is 36.5 Å². The van der Waals surface area contributed by atoms with Crippen LogP contribution in [0.4, 0.5) is 5.82 Å². The van der Waals surface area contributed by atoms with Gasteiger partial charge in [-0.15, -0.1) is 6.42 Å². The summed E-state index contributed by atoms with van der Waals surface area (Å²) < 4.78 is 19.1. The second kappa shape index (κ2) is 12.9. The highest BCUT2D eigenvalue weighted by molar-refractivity contribution is 6.28. The lowest BCUT2D eigenvalue weighted by atomic mass is 9.98. The van der Waals surface area contributed by atoms with Gasteiger partial charge in [0.1, 0.15) is 30.4 Å². The molecule has 196 valence electrons. The third kappa shape index (κ3) is 6.68. The summed E-state index contributed by atoms with van der Waals surface area (Å²) in [5.41, 5.74) is 4.99. The lowest BCUT2D eigenvalue weighted by Gasteiger charge is -2.28. The monoisotopic (exact) mass is 518 g/mol. The van der Waals surface area contributed by atoms with Gasteiger partial charge in [0.25, 0.3) is 0 Å². The van der Waals surface area contributed by atoms with Crippen LogP contribution in [0.1, 0.15) is 84.3 Å². The summed E-state index contributed by atoms with van der Waals surface area (Å²) in [5.74, 6) is 2.05. The number of anilines is 1. The number of unbranched alkanes of at least 4 members (excludes halogenated alkanes) is 6. The molecule has 10 heteroatoms. The molecule has 2 N–H and O–H groups in total. The van der Waals surface area contributed by atoms with E-state index in [1.807, 2.05) is 0 Å². The molecular formula is C26H35ClN4O5. The number of ether oxygens (including phenoxy) is 3. The van der Waals surface area contributed by atoms with Gasteiger partial charge in [0, 0.05) is 25.5 Å². The summed E-state index contributed by atoms with van der Waals surface area (Å²) in [6.45, 7) is 3.65. The molecule has 36 heavy (non-hydrogen) atoms. The Morgan fingerprint density at radius 1 is 1.22 bits per heavy atom. The molecule has 1 aliphatic rings. The molecule has 1 aliphatic heterocycles. The minimum atomic E-state index is -1.44. The molecule has 0 unspecified atom stereocenters. The summed E-state index contributed by atoms with van der Waals surface area (Å²) in [6, 6.07) is 1.75. The van der Waals surface area contributed by atoms with E-state index in [4.69, 9.17) is 38.0 Å². The van der Waals surface area contributed by atoms with Gasteiger partial charge < -0.3 is 24.5 Å². The summed E-state index contributed by atoms with van der Waals surface area (Å²) in [5, 5.41) is 0.596. The Labute approximate surface area is 217 Å².